The molecule has 1 saturated carbocycles. The first kappa shape index (κ1) is 25.8. The van der Waals surface area contributed by atoms with E-state index in [2.05, 4.69) is 10.6 Å². The number of hydrogen-bond acceptors (Lipinski definition) is 6. The molecule has 0 bridgehead atoms. The third-order valence-corrected chi connectivity index (χ3v) is 8.77. The van der Waals surface area contributed by atoms with Gasteiger partial charge in [0.05, 0.1) is 15.7 Å². The monoisotopic (exact) mass is 514 g/mol. The van der Waals surface area contributed by atoms with Gasteiger partial charge in [0.15, 0.2) is 0 Å². The van der Waals surface area contributed by atoms with Gasteiger partial charge < -0.3 is 10.6 Å². The smallest absolute Gasteiger partial charge is 0.269 e. The van der Waals surface area contributed by atoms with Crippen molar-refractivity contribution in [2.24, 2.45) is 5.92 Å². The molecule has 2 N–H and O–H groups in total. The maximum atomic E-state index is 13.2. The van der Waals surface area contributed by atoms with Gasteiger partial charge in [-0.1, -0.05) is 31.0 Å². The number of nitro benzene ring substituents is 1. The quantitative estimate of drug-likeness (QED) is 0.430. The van der Waals surface area contributed by atoms with Gasteiger partial charge >= 0.3 is 0 Å². The highest BCUT2D eigenvalue weighted by Crippen LogP contribution is 2.26. The summed E-state index contributed by atoms with van der Waals surface area (Å²) in [5.74, 6) is -0.914. The number of amides is 2. The summed E-state index contributed by atoms with van der Waals surface area (Å²) in [4.78, 5) is 36.1. The Hall–Kier alpha value is -3.31. The summed E-state index contributed by atoms with van der Waals surface area (Å²) in [6.45, 7) is 0.321. The lowest BCUT2D eigenvalue weighted by Gasteiger charge is -2.36. The minimum Gasteiger partial charge on any atom is -0.351 e. The molecule has 1 aliphatic carbocycles. The number of nitro groups is 1. The van der Waals surface area contributed by atoms with Crippen molar-refractivity contribution in [3.63, 3.8) is 0 Å². The van der Waals surface area contributed by atoms with Gasteiger partial charge in [-0.25, -0.2) is 8.42 Å². The third-order valence-electron chi connectivity index (χ3n) is 6.89. The number of piperidine rings is 1. The second-order valence-corrected chi connectivity index (χ2v) is 11.2. The molecule has 0 aromatic heterocycles. The van der Waals surface area contributed by atoms with Crippen molar-refractivity contribution >= 4 is 27.5 Å². The Kier molecular flexibility index (Phi) is 8.00. The van der Waals surface area contributed by atoms with E-state index >= 15 is 0 Å². The Morgan fingerprint density at radius 3 is 2.17 bits per heavy atom. The molecule has 2 fully saturated rings. The van der Waals surface area contributed by atoms with Crippen LogP contribution in [0.4, 0.5) is 5.69 Å². The fourth-order valence-electron chi connectivity index (χ4n) is 4.88. The number of hydrogen-bond donors (Lipinski definition) is 2. The van der Waals surface area contributed by atoms with E-state index in [9.17, 15) is 28.1 Å². The van der Waals surface area contributed by atoms with Crippen molar-refractivity contribution in [2.75, 3.05) is 13.1 Å². The van der Waals surface area contributed by atoms with Crippen molar-refractivity contribution in [2.45, 2.75) is 55.5 Å². The van der Waals surface area contributed by atoms with Crippen LogP contribution in [0.15, 0.2) is 59.5 Å². The molecule has 1 aliphatic heterocycles. The summed E-state index contributed by atoms with van der Waals surface area (Å²) in [7, 11) is -3.89. The van der Waals surface area contributed by atoms with Crippen LogP contribution in [0.2, 0.25) is 0 Å². The molecule has 2 aliphatic rings. The van der Waals surface area contributed by atoms with Crippen molar-refractivity contribution in [1.29, 1.82) is 0 Å². The molecule has 0 spiro atoms. The largest absolute Gasteiger partial charge is 0.351 e. The molecule has 1 saturated heterocycles. The minimum absolute atomic E-state index is 0.0369. The minimum atomic E-state index is -3.89. The predicted octanol–water partition coefficient (Wildman–Crippen LogP) is 2.85. The number of nitrogens with one attached hydrogen (secondary N) is 2. The Morgan fingerprint density at radius 1 is 0.889 bits per heavy atom. The number of nitrogens with zero attached hydrogens (tertiary/aromatic N) is 2. The van der Waals surface area contributed by atoms with Gasteiger partial charge in [0.25, 0.3) is 11.6 Å². The highest BCUT2D eigenvalue weighted by molar-refractivity contribution is 7.89. The maximum Gasteiger partial charge on any atom is 0.269 e. The summed E-state index contributed by atoms with van der Waals surface area (Å²) in [6.07, 6.45) is 4.48. The van der Waals surface area contributed by atoms with E-state index < -0.39 is 20.9 Å². The molecular formula is C25H30N4O6S. The molecule has 2 aromatic carbocycles. The molecule has 192 valence electrons. The molecule has 2 amide bonds. The molecule has 10 nitrogen and oxygen atoms in total. The number of carbonyl (C=O) groups is 2. The highest BCUT2D eigenvalue weighted by atomic mass is 32.2. The zero-order valence-electron chi connectivity index (χ0n) is 19.8. The number of non-ortho nitro benzene ring substituents is 1. The first-order valence-corrected chi connectivity index (χ1v) is 13.6. The van der Waals surface area contributed by atoms with Crippen molar-refractivity contribution < 1.29 is 22.9 Å². The predicted molar refractivity (Wildman–Crippen MR) is 133 cm³/mol. The van der Waals surface area contributed by atoms with Crippen LogP contribution in [0, 0.1) is 16.0 Å². The molecule has 1 heterocycles. The Balaban J connectivity index is 1.40. The summed E-state index contributed by atoms with van der Waals surface area (Å²) < 4.78 is 27.5. The first-order chi connectivity index (χ1) is 17.3. The molecule has 0 unspecified atom stereocenters. The van der Waals surface area contributed by atoms with Gasteiger partial charge in [-0.3, -0.25) is 19.7 Å². The van der Waals surface area contributed by atoms with Crippen molar-refractivity contribution in [3.8, 4) is 0 Å². The van der Waals surface area contributed by atoms with Crippen LogP contribution in [-0.2, 0) is 14.8 Å². The van der Waals surface area contributed by atoms with E-state index in [0.29, 0.717) is 18.4 Å². The van der Waals surface area contributed by atoms with E-state index in [0.717, 1.165) is 37.8 Å². The maximum absolute atomic E-state index is 13.2. The van der Waals surface area contributed by atoms with Crippen LogP contribution in [-0.4, -0.2) is 54.6 Å². The molecule has 36 heavy (non-hydrogen) atoms. The van der Waals surface area contributed by atoms with Crippen LogP contribution in [0.1, 0.15) is 48.9 Å². The highest BCUT2D eigenvalue weighted by Gasteiger charge is 2.36. The number of benzene rings is 2. The van der Waals surface area contributed by atoms with Crippen LogP contribution < -0.4 is 10.6 Å². The van der Waals surface area contributed by atoms with Gasteiger partial charge in [-0.2, -0.15) is 4.31 Å². The Labute approximate surface area is 210 Å². The van der Waals surface area contributed by atoms with Gasteiger partial charge in [0, 0.05) is 42.9 Å². The second kappa shape index (κ2) is 11.2. The molecule has 0 radical (unpaired) electrons. The summed E-state index contributed by atoms with van der Waals surface area (Å²) >= 11 is 0. The van der Waals surface area contributed by atoms with Crippen molar-refractivity contribution in [3.05, 3.63) is 70.3 Å². The standard InChI is InChI=1S/C25H30N4O6S/c30-24(18-7-2-1-3-8-18)26-22-10-4-5-11-23(22)27-25(31)19-9-6-16-28(17-19)36(34,35)21-14-12-20(13-15-21)29(32)33/h1-3,7-8,12-15,19,22-23H,4-6,9-11,16-17H2,(H,26,30)(H,27,31)/t19-,22+,23+/m0/s1. The fourth-order valence-corrected chi connectivity index (χ4v) is 6.41. The molecule has 2 aromatic rings. The van der Waals surface area contributed by atoms with Gasteiger partial charge in [0.2, 0.25) is 15.9 Å². The van der Waals surface area contributed by atoms with Crippen LogP contribution in [0.5, 0.6) is 0 Å². The van der Waals surface area contributed by atoms with E-state index in [1.807, 2.05) is 6.07 Å². The van der Waals surface area contributed by atoms with E-state index in [1.54, 1.807) is 24.3 Å². The summed E-state index contributed by atoms with van der Waals surface area (Å²) in [5.41, 5.74) is 0.374. The van der Waals surface area contributed by atoms with Crippen LogP contribution >= 0.6 is 0 Å². The Morgan fingerprint density at radius 2 is 1.53 bits per heavy atom. The second-order valence-electron chi connectivity index (χ2n) is 9.30. The van der Waals surface area contributed by atoms with Crippen LogP contribution in [0.25, 0.3) is 0 Å². The fraction of sp³-hybridized carbons (Fsp3) is 0.440. The lowest BCUT2D eigenvalue weighted by molar-refractivity contribution is -0.384. The summed E-state index contributed by atoms with van der Waals surface area (Å²) in [6, 6.07) is 13.3. The Bertz CT molecular complexity index is 1200. The zero-order chi connectivity index (χ0) is 25.7. The van der Waals surface area contributed by atoms with Gasteiger partial charge in [0.1, 0.15) is 0 Å². The third kappa shape index (κ3) is 5.90. The first-order valence-electron chi connectivity index (χ1n) is 12.2. The van der Waals surface area contributed by atoms with E-state index in [4.69, 9.17) is 0 Å². The number of sulfonamides is 1. The van der Waals surface area contributed by atoms with Gasteiger partial charge in [-0.05, 0) is 49.9 Å². The average Bonchev–Trinajstić information content (AvgIpc) is 2.90. The SMILES string of the molecule is O=C(N[C@@H]1CCCC[C@H]1NC(=O)[C@H]1CCCN(S(=O)(=O)c2ccc([N+](=O)[O-])cc2)C1)c1ccccc1. The van der Waals surface area contributed by atoms with Gasteiger partial charge in [-0.15, -0.1) is 0 Å². The average molecular weight is 515 g/mol. The molecule has 4 rings (SSSR count). The van der Waals surface area contributed by atoms with Crippen molar-refractivity contribution in [1.82, 2.24) is 14.9 Å². The lowest BCUT2D eigenvalue weighted by Crippen LogP contribution is -2.55. The molecular weight excluding hydrogens is 484 g/mol. The number of rotatable bonds is 7. The lowest BCUT2D eigenvalue weighted by atomic mass is 9.89. The topological polar surface area (TPSA) is 139 Å². The van der Waals surface area contributed by atoms with E-state index in [1.165, 1.54) is 16.4 Å². The zero-order valence-corrected chi connectivity index (χ0v) is 20.7. The summed E-state index contributed by atoms with van der Waals surface area (Å²) in [5, 5.41) is 17.0. The number of carbonyl (C=O) groups excluding carboxylic acids is 2. The van der Waals surface area contributed by atoms with E-state index in [-0.39, 0.29) is 47.6 Å². The molecule has 3 atom stereocenters. The molecule has 11 heteroatoms. The normalized spacial score (nSPS) is 22.9. The van der Waals surface area contributed by atoms with Crippen LogP contribution in [0.3, 0.4) is 0 Å².